The Bertz CT molecular complexity index is 732. The highest BCUT2D eigenvalue weighted by Gasteiger charge is 2.12. The monoisotopic (exact) mass is 335 g/mol. The van der Waals surface area contributed by atoms with Gasteiger partial charge in [-0.3, -0.25) is 0 Å². The first-order valence-corrected chi connectivity index (χ1v) is 8.82. The Labute approximate surface area is 137 Å². The normalized spacial score (nSPS) is 11.3. The third-order valence-corrected chi connectivity index (χ3v) is 4.68. The fourth-order valence-electron chi connectivity index (χ4n) is 2.12. The van der Waals surface area contributed by atoms with Gasteiger partial charge in [-0.15, -0.1) is 0 Å². The SMILES string of the molecule is COc1cc(CNS(=O)(=O)Cc2ccc(C)cc2)cc(OC)c1. The molecule has 124 valence electrons. The topological polar surface area (TPSA) is 64.6 Å². The molecule has 0 unspecified atom stereocenters. The molecule has 2 rings (SSSR count). The van der Waals surface area contributed by atoms with Crippen LogP contribution >= 0.6 is 0 Å². The average Bonchev–Trinajstić information content (AvgIpc) is 2.54. The summed E-state index contributed by atoms with van der Waals surface area (Å²) >= 11 is 0. The fourth-order valence-corrected chi connectivity index (χ4v) is 3.24. The summed E-state index contributed by atoms with van der Waals surface area (Å²) in [7, 11) is -0.305. The van der Waals surface area contributed by atoms with Crippen LogP contribution in [0, 0.1) is 6.92 Å². The van der Waals surface area contributed by atoms with Gasteiger partial charge in [0.05, 0.1) is 20.0 Å². The van der Waals surface area contributed by atoms with E-state index in [0.717, 1.165) is 16.7 Å². The van der Waals surface area contributed by atoms with Gasteiger partial charge in [0.15, 0.2) is 0 Å². The Hall–Kier alpha value is -2.05. The predicted molar refractivity (Wildman–Crippen MR) is 90.2 cm³/mol. The van der Waals surface area contributed by atoms with Gasteiger partial charge < -0.3 is 9.47 Å². The van der Waals surface area contributed by atoms with Gasteiger partial charge >= 0.3 is 0 Å². The molecule has 0 fully saturated rings. The van der Waals surface area contributed by atoms with Crippen LogP contribution in [0.15, 0.2) is 42.5 Å². The summed E-state index contributed by atoms with van der Waals surface area (Å²) in [5.74, 6) is 1.20. The van der Waals surface area contributed by atoms with Crippen LogP contribution in [0.3, 0.4) is 0 Å². The quantitative estimate of drug-likeness (QED) is 0.845. The van der Waals surface area contributed by atoms with Gasteiger partial charge in [-0.05, 0) is 30.2 Å². The van der Waals surface area contributed by atoms with E-state index < -0.39 is 10.0 Å². The van der Waals surface area contributed by atoms with Crippen LogP contribution in [-0.4, -0.2) is 22.6 Å². The lowest BCUT2D eigenvalue weighted by molar-refractivity contribution is 0.393. The van der Waals surface area contributed by atoms with E-state index in [9.17, 15) is 8.42 Å². The first kappa shape index (κ1) is 17.3. The second-order valence-electron chi connectivity index (χ2n) is 5.29. The van der Waals surface area contributed by atoms with E-state index in [-0.39, 0.29) is 12.3 Å². The number of hydrogen-bond donors (Lipinski definition) is 1. The van der Waals surface area contributed by atoms with Gasteiger partial charge in [0, 0.05) is 12.6 Å². The van der Waals surface area contributed by atoms with Crippen molar-refractivity contribution in [3.63, 3.8) is 0 Å². The second kappa shape index (κ2) is 7.48. The average molecular weight is 335 g/mol. The van der Waals surface area contributed by atoms with E-state index in [1.807, 2.05) is 31.2 Å². The zero-order chi connectivity index (χ0) is 16.9. The largest absolute Gasteiger partial charge is 0.497 e. The van der Waals surface area contributed by atoms with Crippen molar-refractivity contribution in [3.8, 4) is 11.5 Å². The summed E-state index contributed by atoms with van der Waals surface area (Å²) in [6.07, 6.45) is 0. The summed E-state index contributed by atoms with van der Waals surface area (Å²) in [5.41, 5.74) is 2.63. The number of benzene rings is 2. The summed E-state index contributed by atoms with van der Waals surface area (Å²) in [5, 5.41) is 0. The molecule has 0 atom stereocenters. The van der Waals surface area contributed by atoms with Gasteiger partial charge in [-0.1, -0.05) is 29.8 Å². The number of nitrogens with one attached hydrogen (secondary N) is 1. The molecule has 0 aromatic heterocycles. The van der Waals surface area contributed by atoms with Crippen LogP contribution < -0.4 is 14.2 Å². The molecule has 0 saturated carbocycles. The lowest BCUT2D eigenvalue weighted by Gasteiger charge is -2.10. The molecule has 23 heavy (non-hydrogen) atoms. The van der Waals surface area contributed by atoms with E-state index in [4.69, 9.17) is 9.47 Å². The van der Waals surface area contributed by atoms with Crippen LogP contribution in [0.5, 0.6) is 11.5 Å². The van der Waals surface area contributed by atoms with Gasteiger partial charge in [0.2, 0.25) is 10.0 Å². The highest BCUT2D eigenvalue weighted by molar-refractivity contribution is 7.88. The third-order valence-electron chi connectivity index (χ3n) is 3.38. The van der Waals surface area contributed by atoms with Crippen LogP contribution in [0.1, 0.15) is 16.7 Å². The van der Waals surface area contributed by atoms with Crippen LogP contribution in [0.4, 0.5) is 0 Å². The molecular weight excluding hydrogens is 314 g/mol. The molecule has 0 aliphatic rings. The Morgan fingerprint density at radius 2 is 1.48 bits per heavy atom. The van der Waals surface area contributed by atoms with E-state index in [1.54, 1.807) is 32.4 Å². The zero-order valence-corrected chi connectivity index (χ0v) is 14.3. The molecule has 0 radical (unpaired) electrons. The predicted octanol–water partition coefficient (Wildman–Crippen LogP) is 2.63. The Morgan fingerprint density at radius 3 is 2.00 bits per heavy atom. The van der Waals surface area contributed by atoms with Crippen LogP contribution in [0.2, 0.25) is 0 Å². The lowest BCUT2D eigenvalue weighted by Crippen LogP contribution is -2.24. The van der Waals surface area contributed by atoms with Crippen molar-refractivity contribution >= 4 is 10.0 Å². The molecular formula is C17H21NO4S. The van der Waals surface area contributed by atoms with E-state index in [0.29, 0.717) is 11.5 Å². The molecule has 0 bridgehead atoms. The Morgan fingerprint density at radius 1 is 0.913 bits per heavy atom. The minimum Gasteiger partial charge on any atom is -0.497 e. The first-order chi connectivity index (χ1) is 10.9. The summed E-state index contributed by atoms with van der Waals surface area (Å²) < 4.78 is 37.3. The molecule has 1 N–H and O–H groups in total. The van der Waals surface area contributed by atoms with Crippen molar-refractivity contribution in [2.75, 3.05) is 14.2 Å². The van der Waals surface area contributed by atoms with Crippen LogP contribution in [-0.2, 0) is 22.3 Å². The second-order valence-corrected chi connectivity index (χ2v) is 7.09. The number of aryl methyl sites for hydroxylation is 1. The molecule has 0 aliphatic carbocycles. The van der Waals surface area contributed by atoms with Crippen molar-refractivity contribution in [3.05, 3.63) is 59.2 Å². The van der Waals surface area contributed by atoms with E-state index in [1.165, 1.54) is 0 Å². The molecule has 5 nitrogen and oxygen atoms in total. The smallest absolute Gasteiger partial charge is 0.216 e. The molecule has 0 heterocycles. The highest BCUT2D eigenvalue weighted by atomic mass is 32.2. The maximum Gasteiger partial charge on any atom is 0.216 e. The molecule has 0 saturated heterocycles. The number of ether oxygens (including phenoxy) is 2. The molecule has 0 amide bonds. The standard InChI is InChI=1S/C17H21NO4S/c1-13-4-6-14(7-5-13)12-23(19,20)18-11-15-8-16(21-2)10-17(9-15)22-3/h4-10,18H,11-12H2,1-3H3. The molecule has 0 aliphatic heterocycles. The van der Waals surface area contributed by atoms with Crippen molar-refractivity contribution in [1.29, 1.82) is 0 Å². The number of rotatable bonds is 7. The zero-order valence-electron chi connectivity index (χ0n) is 13.5. The maximum absolute atomic E-state index is 12.2. The van der Waals surface area contributed by atoms with E-state index in [2.05, 4.69) is 4.72 Å². The highest BCUT2D eigenvalue weighted by Crippen LogP contribution is 2.22. The lowest BCUT2D eigenvalue weighted by atomic mass is 10.2. The van der Waals surface area contributed by atoms with Crippen molar-refractivity contribution in [2.24, 2.45) is 0 Å². The number of methoxy groups -OCH3 is 2. The number of sulfonamides is 1. The Balaban J connectivity index is 2.05. The van der Waals surface area contributed by atoms with Gasteiger partial charge in [0.25, 0.3) is 0 Å². The van der Waals surface area contributed by atoms with Crippen LogP contribution in [0.25, 0.3) is 0 Å². The van der Waals surface area contributed by atoms with Crippen molar-refractivity contribution in [1.82, 2.24) is 4.72 Å². The number of hydrogen-bond acceptors (Lipinski definition) is 4. The van der Waals surface area contributed by atoms with Gasteiger partial charge in [-0.25, -0.2) is 13.1 Å². The minimum absolute atomic E-state index is 0.0472. The Kier molecular flexibility index (Phi) is 5.63. The third kappa shape index (κ3) is 5.26. The summed E-state index contributed by atoms with van der Waals surface area (Å²) in [6.45, 7) is 2.15. The summed E-state index contributed by atoms with van der Waals surface area (Å²) in [6, 6.07) is 12.7. The van der Waals surface area contributed by atoms with E-state index >= 15 is 0 Å². The minimum atomic E-state index is -3.42. The first-order valence-electron chi connectivity index (χ1n) is 7.16. The molecule has 6 heteroatoms. The molecule has 2 aromatic rings. The van der Waals surface area contributed by atoms with Crippen molar-refractivity contribution < 1.29 is 17.9 Å². The fraction of sp³-hybridized carbons (Fsp3) is 0.294. The van der Waals surface area contributed by atoms with Gasteiger partial charge in [-0.2, -0.15) is 0 Å². The van der Waals surface area contributed by atoms with Gasteiger partial charge in [0.1, 0.15) is 11.5 Å². The van der Waals surface area contributed by atoms with Crippen molar-refractivity contribution in [2.45, 2.75) is 19.2 Å². The summed E-state index contributed by atoms with van der Waals surface area (Å²) in [4.78, 5) is 0. The maximum atomic E-state index is 12.2. The molecule has 0 spiro atoms. The molecule has 2 aromatic carbocycles.